The zero-order valence-electron chi connectivity index (χ0n) is 22.6. The molecular formula is C30H30ClF3N6O. The summed E-state index contributed by atoms with van der Waals surface area (Å²) in [7, 11) is 1.92. The number of halogens is 4. The zero-order valence-corrected chi connectivity index (χ0v) is 23.4. The average Bonchev–Trinajstić information content (AvgIpc) is 3.70. The summed E-state index contributed by atoms with van der Waals surface area (Å²) < 4.78 is 51.5. The number of ether oxygens (including phenoxy) is 1. The van der Waals surface area contributed by atoms with Crippen LogP contribution in [0.5, 0.6) is 6.01 Å². The van der Waals surface area contributed by atoms with Crippen molar-refractivity contribution in [1.82, 2.24) is 25.2 Å². The maximum Gasteiger partial charge on any atom is 0.319 e. The highest BCUT2D eigenvalue weighted by molar-refractivity contribution is 6.36. The molecule has 3 aliphatic heterocycles. The number of nitrogens with zero attached hydrogens (tertiary/aromatic N) is 5. The van der Waals surface area contributed by atoms with Gasteiger partial charge in [0.25, 0.3) is 0 Å². The molecule has 4 aromatic rings. The van der Waals surface area contributed by atoms with Crippen molar-refractivity contribution >= 4 is 39.1 Å². The topological polar surface area (TPSA) is 66.4 Å². The van der Waals surface area contributed by atoms with Gasteiger partial charge in [0.05, 0.1) is 15.9 Å². The highest BCUT2D eigenvalue weighted by Crippen LogP contribution is 2.41. The molecule has 214 valence electrons. The van der Waals surface area contributed by atoms with E-state index in [9.17, 15) is 8.78 Å². The van der Waals surface area contributed by atoms with Crippen molar-refractivity contribution in [3.8, 4) is 17.3 Å². The molecular weight excluding hydrogens is 553 g/mol. The lowest BCUT2D eigenvalue weighted by molar-refractivity contribution is 0.107. The fourth-order valence-electron chi connectivity index (χ4n) is 6.84. The molecule has 3 atom stereocenters. The van der Waals surface area contributed by atoms with Crippen LogP contribution in [0.3, 0.4) is 0 Å². The van der Waals surface area contributed by atoms with Gasteiger partial charge in [-0.1, -0.05) is 35.9 Å². The maximum absolute atomic E-state index is 16.5. The van der Waals surface area contributed by atoms with Crippen LogP contribution in [0.4, 0.5) is 19.0 Å². The molecule has 2 aromatic carbocycles. The third-order valence-electron chi connectivity index (χ3n) is 8.98. The first-order valence-corrected chi connectivity index (χ1v) is 14.4. The minimum absolute atomic E-state index is 0.00742. The van der Waals surface area contributed by atoms with Crippen molar-refractivity contribution in [3.05, 3.63) is 53.2 Å². The number of benzene rings is 2. The van der Waals surface area contributed by atoms with E-state index in [1.165, 1.54) is 6.07 Å². The van der Waals surface area contributed by atoms with Gasteiger partial charge in [0.2, 0.25) is 0 Å². The summed E-state index contributed by atoms with van der Waals surface area (Å²) >= 11 is 6.36. The van der Waals surface area contributed by atoms with Gasteiger partial charge >= 0.3 is 6.01 Å². The minimum atomic E-state index is -0.892. The fourth-order valence-corrected chi connectivity index (χ4v) is 7.11. The first kappa shape index (κ1) is 26.7. The molecule has 5 heterocycles. The number of fused-ring (bicyclic) bond motifs is 3. The van der Waals surface area contributed by atoms with Crippen molar-refractivity contribution in [1.29, 1.82) is 0 Å². The minimum Gasteiger partial charge on any atom is -0.461 e. The summed E-state index contributed by atoms with van der Waals surface area (Å²) in [6, 6.07) is 8.28. The standard InChI is InChI=1S/C30H30ClF3N6O/c1-39(19-8-10-35-13-19)28-21-14-36-26(20-5-2-4-17-6-7-22(33)24(31)23(17)20)25(34)27(21)37-29(38-28)41-16-30-9-3-11-40(30)15-18(32)12-30/h2,4-7,14,18-19,35H,3,8-13,15-16H2,1H3/t18-,19-,30+/m1/s1. The van der Waals surface area contributed by atoms with E-state index in [0.717, 1.165) is 38.9 Å². The molecule has 7 nitrogen and oxygen atoms in total. The van der Waals surface area contributed by atoms with Crippen molar-refractivity contribution in [3.63, 3.8) is 0 Å². The molecule has 0 aliphatic carbocycles. The molecule has 1 N–H and O–H groups in total. The molecule has 2 aromatic heterocycles. The number of alkyl halides is 1. The number of anilines is 1. The second kappa shape index (κ2) is 10.3. The Labute approximate surface area is 240 Å². The van der Waals surface area contributed by atoms with E-state index in [1.54, 1.807) is 30.5 Å². The van der Waals surface area contributed by atoms with Gasteiger partial charge in [-0.25, -0.2) is 13.2 Å². The van der Waals surface area contributed by atoms with Gasteiger partial charge < -0.3 is 15.0 Å². The molecule has 3 aliphatic rings. The van der Waals surface area contributed by atoms with Crippen molar-refractivity contribution in [2.24, 2.45) is 0 Å². The van der Waals surface area contributed by atoms with Crippen LogP contribution in [0.2, 0.25) is 5.02 Å². The second-order valence-corrected chi connectivity index (χ2v) is 11.8. The SMILES string of the molecule is CN(c1nc(OC[C@@]23CCCN2C[C@H](F)C3)nc2c(F)c(-c3cccc4ccc(F)c(Cl)c34)ncc12)[C@@H]1CCNC1. The highest BCUT2D eigenvalue weighted by atomic mass is 35.5. The second-order valence-electron chi connectivity index (χ2n) is 11.4. The van der Waals surface area contributed by atoms with E-state index in [2.05, 4.69) is 20.2 Å². The average molecular weight is 583 g/mol. The van der Waals surface area contributed by atoms with Crippen LogP contribution in [-0.2, 0) is 0 Å². The number of aromatic nitrogens is 3. The van der Waals surface area contributed by atoms with Gasteiger partial charge in [-0.2, -0.15) is 9.97 Å². The molecule has 0 saturated carbocycles. The molecule has 11 heteroatoms. The lowest BCUT2D eigenvalue weighted by Gasteiger charge is -2.31. The van der Waals surface area contributed by atoms with Gasteiger partial charge in [-0.3, -0.25) is 9.88 Å². The van der Waals surface area contributed by atoms with Crippen molar-refractivity contribution in [2.75, 3.05) is 44.7 Å². The van der Waals surface area contributed by atoms with E-state index < -0.39 is 23.3 Å². The Morgan fingerprint density at radius 3 is 2.93 bits per heavy atom. The molecule has 7 rings (SSSR count). The van der Waals surface area contributed by atoms with E-state index in [1.807, 2.05) is 11.9 Å². The Morgan fingerprint density at radius 2 is 2.10 bits per heavy atom. The van der Waals surface area contributed by atoms with Crippen LogP contribution >= 0.6 is 11.6 Å². The summed E-state index contributed by atoms with van der Waals surface area (Å²) in [6.07, 6.45) is 3.79. The lowest BCUT2D eigenvalue weighted by atomic mass is 9.95. The molecule has 0 amide bonds. The molecule has 0 unspecified atom stereocenters. The van der Waals surface area contributed by atoms with Crippen LogP contribution in [0.25, 0.3) is 32.9 Å². The maximum atomic E-state index is 16.5. The summed E-state index contributed by atoms with van der Waals surface area (Å²) in [5.41, 5.74) is 0.0222. The quantitative estimate of drug-likeness (QED) is 0.321. The summed E-state index contributed by atoms with van der Waals surface area (Å²) in [6.45, 7) is 3.11. The normalized spacial score (nSPS) is 24.4. The van der Waals surface area contributed by atoms with E-state index in [4.69, 9.17) is 21.3 Å². The van der Waals surface area contributed by atoms with Crippen molar-refractivity contribution in [2.45, 2.75) is 43.4 Å². The van der Waals surface area contributed by atoms with Crippen LogP contribution in [0, 0.1) is 11.6 Å². The fraction of sp³-hybridized carbons (Fsp3) is 0.433. The third kappa shape index (κ3) is 4.47. The third-order valence-corrected chi connectivity index (χ3v) is 9.35. The van der Waals surface area contributed by atoms with Crippen LogP contribution < -0.4 is 15.0 Å². The largest absolute Gasteiger partial charge is 0.461 e. The van der Waals surface area contributed by atoms with Crippen molar-refractivity contribution < 1.29 is 17.9 Å². The first-order valence-electron chi connectivity index (χ1n) is 14.0. The van der Waals surface area contributed by atoms with Gasteiger partial charge in [0, 0.05) is 49.7 Å². The number of nitrogens with one attached hydrogen (secondary N) is 1. The Hall–Kier alpha value is -3.21. The number of hydrogen-bond acceptors (Lipinski definition) is 7. The Bertz CT molecular complexity index is 1650. The summed E-state index contributed by atoms with van der Waals surface area (Å²) in [5.74, 6) is -0.760. The Morgan fingerprint density at radius 1 is 1.22 bits per heavy atom. The first-order chi connectivity index (χ1) is 19.8. The monoisotopic (exact) mass is 582 g/mol. The predicted molar refractivity (Wildman–Crippen MR) is 153 cm³/mol. The molecule has 0 radical (unpaired) electrons. The lowest BCUT2D eigenvalue weighted by Crippen LogP contribution is -2.43. The van der Waals surface area contributed by atoms with Gasteiger partial charge in [-0.05, 0) is 43.8 Å². The predicted octanol–water partition coefficient (Wildman–Crippen LogP) is 5.53. The highest BCUT2D eigenvalue weighted by Gasteiger charge is 2.49. The summed E-state index contributed by atoms with van der Waals surface area (Å²) in [5, 5.41) is 4.74. The van der Waals surface area contributed by atoms with Gasteiger partial charge in [0.1, 0.15) is 35.6 Å². The molecule has 0 spiro atoms. The van der Waals surface area contributed by atoms with Gasteiger partial charge in [-0.15, -0.1) is 0 Å². The van der Waals surface area contributed by atoms with Crippen LogP contribution in [0.15, 0.2) is 36.5 Å². The van der Waals surface area contributed by atoms with Crippen LogP contribution in [-0.4, -0.2) is 77.4 Å². The molecule has 41 heavy (non-hydrogen) atoms. The van der Waals surface area contributed by atoms with Gasteiger partial charge in [0.15, 0.2) is 5.82 Å². The Balaban J connectivity index is 1.35. The Kier molecular flexibility index (Phi) is 6.67. The molecule has 3 saturated heterocycles. The number of hydrogen-bond donors (Lipinski definition) is 1. The smallest absolute Gasteiger partial charge is 0.319 e. The van der Waals surface area contributed by atoms with E-state index in [-0.39, 0.29) is 34.9 Å². The van der Waals surface area contributed by atoms with E-state index in [0.29, 0.717) is 40.5 Å². The number of rotatable bonds is 6. The molecule has 3 fully saturated rings. The molecule has 0 bridgehead atoms. The zero-order chi connectivity index (χ0) is 28.3. The number of likely N-dealkylation sites (N-methyl/N-ethyl adjacent to an activating group) is 1. The van der Waals surface area contributed by atoms with E-state index >= 15 is 4.39 Å². The van der Waals surface area contributed by atoms with Crippen LogP contribution in [0.1, 0.15) is 25.7 Å². The summed E-state index contributed by atoms with van der Waals surface area (Å²) in [4.78, 5) is 17.9. The number of pyridine rings is 1.